The van der Waals surface area contributed by atoms with Gasteiger partial charge in [-0.05, 0) is 0 Å². The first-order valence-corrected chi connectivity index (χ1v) is 10.3. The second kappa shape index (κ2) is 5.48. The predicted octanol–water partition coefficient (Wildman–Crippen LogP) is 4.47. The third-order valence-corrected chi connectivity index (χ3v) is 8.19. The molecule has 0 saturated heterocycles. The quantitative estimate of drug-likeness (QED) is 0.320. The van der Waals surface area contributed by atoms with Crippen molar-refractivity contribution in [2.75, 3.05) is 0 Å². The van der Waals surface area contributed by atoms with Gasteiger partial charge in [0.1, 0.15) is 0 Å². The van der Waals surface area contributed by atoms with Gasteiger partial charge in [-0.3, -0.25) is 0 Å². The van der Waals surface area contributed by atoms with E-state index >= 15 is 0 Å². The molecule has 4 rings (SSSR count). The van der Waals surface area contributed by atoms with Gasteiger partial charge in [-0.25, -0.2) is 0 Å². The standard InChI is InChI=1S/C21H20NTe/c1-13-9-10-17-16-7-5-6-8-19(16)23-21(17)20(13)18-11-14(2)15(3)12-22(18)4/h5-12H,1-4H3/q+1. The van der Waals surface area contributed by atoms with Gasteiger partial charge in [-0.1, -0.05) is 0 Å². The molecule has 0 spiro atoms. The number of pyridine rings is 1. The summed E-state index contributed by atoms with van der Waals surface area (Å²) in [5.74, 6) is 0. The first-order chi connectivity index (χ1) is 11.1. The molecule has 0 N–H and O–H groups in total. The Morgan fingerprint density at radius 2 is 1.61 bits per heavy atom. The molecule has 0 unspecified atom stereocenters. The summed E-state index contributed by atoms with van der Waals surface area (Å²) >= 11 is -0.313. The molecule has 114 valence electrons. The zero-order valence-corrected chi connectivity index (χ0v) is 16.3. The monoisotopic (exact) mass is 416 g/mol. The van der Waals surface area contributed by atoms with Gasteiger partial charge in [0.15, 0.2) is 0 Å². The van der Waals surface area contributed by atoms with Crippen LogP contribution in [-0.4, -0.2) is 20.4 Å². The van der Waals surface area contributed by atoms with Gasteiger partial charge in [0.05, 0.1) is 0 Å². The summed E-state index contributed by atoms with van der Waals surface area (Å²) in [6.45, 7) is 6.65. The van der Waals surface area contributed by atoms with Gasteiger partial charge in [0.25, 0.3) is 0 Å². The van der Waals surface area contributed by atoms with E-state index in [1.54, 1.807) is 6.80 Å². The zero-order valence-electron chi connectivity index (χ0n) is 14.0. The number of rotatable bonds is 1. The summed E-state index contributed by atoms with van der Waals surface area (Å²) in [5.41, 5.74) is 6.92. The van der Waals surface area contributed by atoms with E-state index in [-0.39, 0.29) is 20.4 Å². The molecule has 0 aliphatic heterocycles. The van der Waals surface area contributed by atoms with Crippen molar-refractivity contribution in [2.24, 2.45) is 7.05 Å². The number of benzene rings is 2. The third-order valence-electron chi connectivity index (χ3n) is 4.75. The van der Waals surface area contributed by atoms with Crippen LogP contribution in [0.4, 0.5) is 0 Å². The van der Waals surface area contributed by atoms with E-state index in [4.69, 9.17) is 0 Å². The normalized spacial score (nSPS) is 11.5. The Kier molecular flexibility index (Phi) is 3.56. The number of aromatic nitrogens is 1. The SMILES string of the molecule is Cc1cc(-c2c(C)ccc3c2[te]c2ccccc23)[n+](C)cc1C. The summed E-state index contributed by atoms with van der Waals surface area (Å²) < 4.78 is 5.47. The van der Waals surface area contributed by atoms with Crippen molar-refractivity contribution < 1.29 is 4.57 Å². The van der Waals surface area contributed by atoms with Crippen molar-refractivity contribution in [3.63, 3.8) is 0 Å². The number of aryl methyl sites for hydroxylation is 4. The topological polar surface area (TPSA) is 3.88 Å². The minimum atomic E-state index is -0.313. The number of nitrogens with zero attached hydrogens (tertiary/aromatic N) is 1. The van der Waals surface area contributed by atoms with E-state index in [1.165, 1.54) is 38.7 Å². The molecule has 2 aromatic heterocycles. The van der Waals surface area contributed by atoms with Crippen molar-refractivity contribution >= 4 is 38.0 Å². The van der Waals surface area contributed by atoms with E-state index in [9.17, 15) is 0 Å². The Labute approximate surface area is 146 Å². The first-order valence-electron chi connectivity index (χ1n) is 7.94. The van der Waals surface area contributed by atoms with Crippen LogP contribution in [0.2, 0.25) is 0 Å². The van der Waals surface area contributed by atoms with Crippen LogP contribution in [0.3, 0.4) is 0 Å². The average molecular weight is 414 g/mol. The second-order valence-electron chi connectivity index (χ2n) is 6.37. The molecule has 4 aromatic rings. The molecular weight excluding hydrogens is 394 g/mol. The molecule has 0 aliphatic rings. The fraction of sp³-hybridized carbons (Fsp3) is 0.190. The molecule has 23 heavy (non-hydrogen) atoms. The molecule has 0 aliphatic carbocycles. The Balaban J connectivity index is 2.15. The van der Waals surface area contributed by atoms with Crippen molar-refractivity contribution in [3.05, 3.63) is 65.4 Å². The molecule has 2 heteroatoms. The van der Waals surface area contributed by atoms with Gasteiger partial charge in [-0.2, -0.15) is 0 Å². The summed E-state index contributed by atoms with van der Waals surface area (Å²) in [6, 6.07) is 15.9. The average Bonchev–Trinajstić information content (AvgIpc) is 2.90. The van der Waals surface area contributed by atoms with Crippen LogP contribution >= 0.6 is 0 Å². The minimum absolute atomic E-state index is 0.313. The van der Waals surface area contributed by atoms with Gasteiger partial charge < -0.3 is 0 Å². The molecule has 0 saturated carbocycles. The Bertz CT molecular complexity index is 1060. The summed E-state index contributed by atoms with van der Waals surface area (Å²) in [5, 5.41) is 2.92. The van der Waals surface area contributed by atoms with Crippen LogP contribution in [0.25, 0.3) is 28.8 Å². The van der Waals surface area contributed by atoms with E-state index < -0.39 is 0 Å². The van der Waals surface area contributed by atoms with Crippen molar-refractivity contribution in [3.8, 4) is 11.3 Å². The van der Waals surface area contributed by atoms with Crippen LogP contribution in [0.15, 0.2) is 48.7 Å². The third kappa shape index (κ3) is 2.33. The van der Waals surface area contributed by atoms with E-state index in [0.29, 0.717) is 0 Å². The first kappa shape index (κ1) is 14.9. The molecule has 0 bridgehead atoms. The van der Waals surface area contributed by atoms with E-state index in [0.717, 1.165) is 0 Å². The predicted molar refractivity (Wildman–Crippen MR) is 99.2 cm³/mol. The fourth-order valence-corrected chi connectivity index (χ4v) is 7.08. The van der Waals surface area contributed by atoms with Gasteiger partial charge in [-0.15, -0.1) is 0 Å². The Morgan fingerprint density at radius 1 is 0.826 bits per heavy atom. The van der Waals surface area contributed by atoms with Crippen LogP contribution < -0.4 is 4.57 Å². The fourth-order valence-electron chi connectivity index (χ4n) is 3.34. The Hall–Kier alpha value is -1.62. The van der Waals surface area contributed by atoms with Crippen LogP contribution in [0.5, 0.6) is 0 Å². The Morgan fingerprint density at radius 3 is 2.43 bits per heavy atom. The molecule has 1 nitrogen and oxygen atoms in total. The van der Waals surface area contributed by atoms with Gasteiger partial charge in [0, 0.05) is 0 Å². The molecule has 0 radical (unpaired) electrons. The van der Waals surface area contributed by atoms with Crippen molar-refractivity contribution in [1.29, 1.82) is 0 Å². The molecular formula is C21H20NTe+. The molecule has 2 heterocycles. The summed E-state index contributed by atoms with van der Waals surface area (Å²) in [4.78, 5) is 0. The molecule has 0 fully saturated rings. The van der Waals surface area contributed by atoms with Gasteiger partial charge in [0.2, 0.25) is 0 Å². The van der Waals surface area contributed by atoms with Crippen molar-refractivity contribution in [1.82, 2.24) is 0 Å². The zero-order chi connectivity index (χ0) is 16.1. The summed E-state index contributed by atoms with van der Waals surface area (Å²) in [7, 11) is 2.17. The number of hydrogen-bond acceptors (Lipinski definition) is 0. The molecule has 2 aromatic carbocycles. The molecule has 0 atom stereocenters. The summed E-state index contributed by atoms with van der Waals surface area (Å²) in [6.07, 6.45) is 2.26. The van der Waals surface area contributed by atoms with Gasteiger partial charge >= 0.3 is 147 Å². The number of fused-ring (bicyclic) bond motifs is 3. The van der Waals surface area contributed by atoms with Crippen LogP contribution in [-0.2, 0) is 7.05 Å². The van der Waals surface area contributed by atoms with E-state index in [2.05, 4.69) is 81.0 Å². The van der Waals surface area contributed by atoms with E-state index in [1.807, 2.05) is 0 Å². The van der Waals surface area contributed by atoms with Crippen LogP contribution in [0, 0.1) is 20.8 Å². The maximum absolute atomic E-state index is 2.36. The van der Waals surface area contributed by atoms with Crippen LogP contribution in [0.1, 0.15) is 16.7 Å². The molecule has 0 amide bonds. The number of hydrogen-bond donors (Lipinski definition) is 0. The maximum atomic E-state index is 2.36. The second-order valence-corrected chi connectivity index (χ2v) is 9.37. The van der Waals surface area contributed by atoms with Crippen molar-refractivity contribution in [2.45, 2.75) is 20.8 Å².